The normalized spacial score (nSPS) is 16.8. The minimum Gasteiger partial charge on any atom is -0.504 e. The summed E-state index contributed by atoms with van der Waals surface area (Å²) in [6.45, 7) is 4.12. The molecule has 2 rings (SSSR count). The van der Waals surface area contributed by atoms with E-state index < -0.39 is 5.82 Å². The fraction of sp³-hybridized carbons (Fsp3) is 0.500. The molecular weight excluding hydrogens is 259 g/mol. The summed E-state index contributed by atoms with van der Waals surface area (Å²) in [6, 6.07) is 1.46. The molecule has 1 heterocycles. The van der Waals surface area contributed by atoms with Gasteiger partial charge in [0.15, 0.2) is 17.3 Å². The number of hydrogen-bond acceptors (Lipinski definition) is 4. The van der Waals surface area contributed by atoms with Crippen LogP contribution in [-0.4, -0.2) is 43.3 Å². The van der Waals surface area contributed by atoms with Crippen LogP contribution in [0.15, 0.2) is 6.07 Å². The highest BCUT2D eigenvalue weighted by molar-refractivity contribution is 6.31. The van der Waals surface area contributed by atoms with Crippen molar-refractivity contribution >= 4 is 11.6 Å². The molecule has 100 valence electrons. The highest BCUT2D eigenvalue weighted by Gasteiger charge is 2.20. The van der Waals surface area contributed by atoms with Gasteiger partial charge in [0.25, 0.3) is 0 Å². The summed E-state index contributed by atoms with van der Waals surface area (Å²) in [7, 11) is 1.31. The van der Waals surface area contributed by atoms with Crippen LogP contribution in [-0.2, 0) is 6.54 Å². The Bertz CT molecular complexity index is 437. The lowest BCUT2D eigenvalue weighted by molar-refractivity contribution is 0.229. The van der Waals surface area contributed by atoms with Crippen molar-refractivity contribution in [2.75, 3.05) is 33.3 Å². The third-order valence-corrected chi connectivity index (χ3v) is 3.31. The van der Waals surface area contributed by atoms with Crippen molar-refractivity contribution in [2.45, 2.75) is 6.54 Å². The Balaban J connectivity index is 2.24. The zero-order chi connectivity index (χ0) is 13.1. The van der Waals surface area contributed by atoms with Crippen LogP contribution in [0.4, 0.5) is 4.39 Å². The fourth-order valence-corrected chi connectivity index (χ4v) is 2.28. The third-order valence-electron chi connectivity index (χ3n) is 3.04. The van der Waals surface area contributed by atoms with Gasteiger partial charge in [-0.1, -0.05) is 11.6 Å². The first-order valence-corrected chi connectivity index (χ1v) is 6.18. The second-order valence-electron chi connectivity index (χ2n) is 4.24. The smallest absolute Gasteiger partial charge is 0.198 e. The zero-order valence-corrected chi connectivity index (χ0v) is 10.9. The molecule has 1 saturated heterocycles. The number of benzene rings is 1. The number of rotatable bonds is 3. The average molecular weight is 275 g/mol. The standard InChI is InChI=1S/C12H16ClFN2O2/c1-18-12-10(14)9(13)6-8(11(12)17)7-16-4-2-15-3-5-16/h6,15,17H,2-5,7H2,1H3. The maximum Gasteiger partial charge on any atom is 0.198 e. The van der Waals surface area contributed by atoms with E-state index in [0.29, 0.717) is 12.1 Å². The van der Waals surface area contributed by atoms with Crippen LogP contribution < -0.4 is 10.1 Å². The molecule has 6 heteroatoms. The molecule has 0 amide bonds. The van der Waals surface area contributed by atoms with E-state index in [2.05, 4.69) is 10.2 Å². The number of nitrogens with zero attached hydrogens (tertiary/aromatic N) is 1. The highest BCUT2D eigenvalue weighted by Crippen LogP contribution is 2.37. The minimum absolute atomic E-state index is 0.0326. The molecule has 0 bridgehead atoms. The molecule has 18 heavy (non-hydrogen) atoms. The van der Waals surface area contributed by atoms with E-state index in [0.717, 1.165) is 26.2 Å². The Kier molecular flexibility index (Phi) is 4.27. The van der Waals surface area contributed by atoms with Gasteiger partial charge in [0, 0.05) is 38.3 Å². The molecule has 0 spiro atoms. The van der Waals surface area contributed by atoms with Gasteiger partial charge in [-0.15, -0.1) is 0 Å². The van der Waals surface area contributed by atoms with Gasteiger partial charge in [-0.05, 0) is 6.07 Å². The van der Waals surface area contributed by atoms with Crippen molar-refractivity contribution in [3.63, 3.8) is 0 Å². The average Bonchev–Trinajstić information content (AvgIpc) is 2.38. The largest absolute Gasteiger partial charge is 0.504 e. The van der Waals surface area contributed by atoms with E-state index in [9.17, 15) is 9.50 Å². The van der Waals surface area contributed by atoms with E-state index in [-0.39, 0.29) is 16.5 Å². The van der Waals surface area contributed by atoms with E-state index in [1.54, 1.807) is 0 Å². The zero-order valence-electron chi connectivity index (χ0n) is 10.2. The quantitative estimate of drug-likeness (QED) is 0.879. The van der Waals surface area contributed by atoms with Crippen LogP contribution in [0.3, 0.4) is 0 Å². The van der Waals surface area contributed by atoms with Crippen LogP contribution in [0.25, 0.3) is 0 Å². The summed E-state index contributed by atoms with van der Waals surface area (Å²) in [5, 5.41) is 13.2. The number of aromatic hydroxyl groups is 1. The topological polar surface area (TPSA) is 44.7 Å². The van der Waals surface area contributed by atoms with Crippen molar-refractivity contribution in [1.29, 1.82) is 0 Å². The number of ether oxygens (including phenoxy) is 1. The SMILES string of the molecule is COc1c(O)c(CN2CCNCC2)cc(Cl)c1F. The van der Waals surface area contributed by atoms with Gasteiger partial charge in [-0.25, -0.2) is 4.39 Å². The molecule has 1 aromatic rings. The first-order valence-electron chi connectivity index (χ1n) is 5.80. The van der Waals surface area contributed by atoms with Gasteiger partial charge in [-0.2, -0.15) is 0 Å². The number of hydrogen-bond donors (Lipinski definition) is 2. The predicted octanol–water partition coefficient (Wildman–Crippen LogP) is 1.60. The summed E-state index contributed by atoms with van der Waals surface area (Å²) in [5.74, 6) is -1.08. The maximum atomic E-state index is 13.6. The molecule has 0 radical (unpaired) electrons. The molecule has 1 aromatic carbocycles. The molecule has 1 aliphatic heterocycles. The second kappa shape index (κ2) is 5.73. The van der Waals surface area contributed by atoms with Crippen LogP contribution in [0, 0.1) is 5.82 Å². The van der Waals surface area contributed by atoms with Gasteiger partial charge >= 0.3 is 0 Å². The number of methoxy groups -OCH3 is 1. The summed E-state index contributed by atoms with van der Waals surface area (Å²) in [4.78, 5) is 2.17. The van der Waals surface area contributed by atoms with Gasteiger partial charge in [-0.3, -0.25) is 4.90 Å². The van der Waals surface area contributed by atoms with Crippen LogP contribution in [0.1, 0.15) is 5.56 Å². The Labute approximate surface area is 110 Å². The molecule has 0 aromatic heterocycles. The monoisotopic (exact) mass is 274 g/mol. The van der Waals surface area contributed by atoms with Crippen LogP contribution in [0.5, 0.6) is 11.5 Å². The molecular formula is C12H16ClFN2O2. The number of piperazine rings is 1. The van der Waals surface area contributed by atoms with Crippen LogP contribution >= 0.6 is 11.6 Å². The molecule has 4 nitrogen and oxygen atoms in total. The van der Waals surface area contributed by atoms with Gasteiger partial charge in [0.1, 0.15) is 0 Å². The number of halogens is 2. The lowest BCUT2D eigenvalue weighted by atomic mass is 10.1. The summed E-state index contributed by atoms with van der Waals surface area (Å²) in [6.07, 6.45) is 0. The van der Waals surface area contributed by atoms with Crippen molar-refractivity contribution in [3.05, 3.63) is 22.5 Å². The molecule has 2 N–H and O–H groups in total. The minimum atomic E-state index is -0.722. The number of nitrogens with one attached hydrogen (secondary N) is 1. The van der Waals surface area contributed by atoms with Crippen molar-refractivity contribution in [1.82, 2.24) is 10.2 Å². The van der Waals surface area contributed by atoms with E-state index in [1.165, 1.54) is 13.2 Å². The van der Waals surface area contributed by atoms with Gasteiger partial charge in [0.05, 0.1) is 12.1 Å². The number of phenolic OH excluding ortho intramolecular Hbond substituents is 1. The lowest BCUT2D eigenvalue weighted by Crippen LogP contribution is -2.42. The first kappa shape index (κ1) is 13.4. The first-order chi connectivity index (χ1) is 8.63. The van der Waals surface area contributed by atoms with Gasteiger partial charge in [0.2, 0.25) is 0 Å². The molecule has 0 unspecified atom stereocenters. The number of phenols is 1. The Morgan fingerprint density at radius 2 is 2.17 bits per heavy atom. The van der Waals surface area contributed by atoms with Gasteiger partial charge < -0.3 is 15.2 Å². The van der Waals surface area contributed by atoms with Crippen LogP contribution in [0.2, 0.25) is 5.02 Å². The van der Waals surface area contributed by atoms with Crippen molar-refractivity contribution < 1.29 is 14.2 Å². The Hall–Kier alpha value is -1.04. The summed E-state index contributed by atoms with van der Waals surface area (Å²) >= 11 is 5.79. The predicted molar refractivity (Wildman–Crippen MR) is 67.8 cm³/mol. The summed E-state index contributed by atoms with van der Waals surface area (Å²) < 4.78 is 18.4. The molecule has 0 atom stereocenters. The third kappa shape index (κ3) is 2.68. The van der Waals surface area contributed by atoms with E-state index in [4.69, 9.17) is 16.3 Å². The van der Waals surface area contributed by atoms with Crippen molar-refractivity contribution in [3.8, 4) is 11.5 Å². The Morgan fingerprint density at radius 3 is 2.78 bits per heavy atom. The fourth-order valence-electron chi connectivity index (χ4n) is 2.06. The lowest BCUT2D eigenvalue weighted by Gasteiger charge is -2.27. The maximum absolute atomic E-state index is 13.6. The van der Waals surface area contributed by atoms with E-state index in [1.807, 2.05) is 0 Å². The molecule has 1 fully saturated rings. The molecule has 1 aliphatic rings. The van der Waals surface area contributed by atoms with E-state index >= 15 is 0 Å². The second-order valence-corrected chi connectivity index (χ2v) is 4.65. The highest BCUT2D eigenvalue weighted by atomic mass is 35.5. The summed E-state index contributed by atoms with van der Waals surface area (Å²) in [5.41, 5.74) is 0.583. The molecule has 0 aliphatic carbocycles. The molecule has 0 saturated carbocycles. The Morgan fingerprint density at radius 1 is 1.50 bits per heavy atom. The van der Waals surface area contributed by atoms with Crippen molar-refractivity contribution in [2.24, 2.45) is 0 Å².